The van der Waals surface area contributed by atoms with Crippen molar-refractivity contribution in [2.45, 2.75) is 103 Å². The first-order chi connectivity index (χ1) is 22.4. The molecule has 10 nitrogen and oxygen atoms in total. The van der Waals surface area contributed by atoms with Gasteiger partial charge in [0.15, 0.2) is 0 Å². The molecular formula is C38H55N3O7. The van der Waals surface area contributed by atoms with Crippen molar-refractivity contribution in [1.82, 2.24) is 15.1 Å². The minimum atomic E-state index is -1.23. The fourth-order valence-electron chi connectivity index (χ4n) is 6.59. The van der Waals surface area contributed by atoms with Crippen LogP contribution in [0.4, 0.5) is 0 Å². The van der Waals surface area contributed by atoms with Crippen LogP contribution < -0.4 is 5.32 Å². The van der Waals surface area contributed by atoms with Crippen LogP contribution in [0.15, 0.2) is 36.4 Å². The number of aliphatic hydroxyl groups is 3. The number of rotatable bonds is 10. The van der Waals surface area contributed by atoms with Gasteiger partial charge in [0, 0.05) is 31.1 Å². The van der Waals surface area contributed by atoms with Crippen molar-refractivity contribution in [1.29, 1.82) is 0 Å². The zero-order chi connectivity index (χ0) is 35.6. The van der Waals surface area contributed by atoms with Crippen LogP contribution in [0.25, 0.3) is 6.08 Å². The highest BCUT2D eigenvalue weighted by atomic mass is 16.5. The van der Waals surface area contributed by atoms with Gasteiger partial charge >= 0.3 is 0 Å². The van der Waals surface area contributed by atoms with Gasteiger partial charge in [0.1, 0.15) is 23.5 Å². The van der Waals surface area contributed by atoms with Crippen molar-refractivity contribution in [3.63, 3.8) is 0 Å². The fourth-order valence-corrected chi connectivity index (χ4v) is 6.59. The van der Waals surface area contributed by atoms with Gasteiger partial charge in [-0.3, -0.25) is 9.59 Å². The van der Waals surface area contributed by atoms with Crippen LogP contribution in [0.1, 0.15) is 86.4 Å². The molecule has 2 saturated heterocycles. The van der Waals surface area contributed by atoms with Crippen molar-refractivity contribution < 1.29 is 34.8 Å². The number of carbonyl (C=O) groups excluding carboxylic acids is 2. The number of nitrogens with zero attached hydrogens (tertiary/aromatic N) is 2. The number of piperidine rings is 1. The number of aromatic hydroxyl groups is 1. The average molecular weight is 666 g/mol. The summed E-state index contributed by atoms with van der Waals surface area (Å²) < 4.78 is 5.84. The van der Waals surface area contributed by atoms with Crippen molar-refractivity contribution in [2.24, 2.45) is 5.41 Å². The lowest BCUT2D eigenvalue weighted by atomic mass is 9.88. The first kappa shape index (κ1) is 37.5. The molecule has 4 unspecified atom stereocenters. The van der Waals surface area contributed by atoms with Crippen LogP contribution in [0.3, 0.4) is 0 Å². The summed E-state index contributed by atoms with van der Waals surface area (Å²) in [6, 6.07) is 9.98. The van der Waals surface area contributed by atoms with Crippen molar-refractivity contribution in [3.8, 4) is 5.75 Å². The quantitative estimate of drug-likeness (QED) is 0.259. The van der Waals surface area contributed by atoms with Crippen LogP contribution in [0.2, 0.25) is 0 Å². The highest BCUT2D eigenvalue weighted by molar-refractivity contribution is 5.93. The Hall–Kier alpha value is -3.28. The zero-order valence-corrected chi connectivity index (χ0v) is 29.8. The topological polar surface area (TPSA) is 143 Å². The molecule has 0 spiro atoms. The van der Waals surface area contributed by atoms with E-state index in [1.165, 1.54) is 0 Å². The van der Waals surface area contributed by atoms with Crippen molar-refractivity contribution >= 4 is 17.9 Å². The van der Waals surface area contributed by atoms with E-state index in [1.54, 1.807) is 26.0 Å². The summed E-state index contributed by atoms with van der Waals surface area (Å²) in [6.07, 6.45) is 2.38. The Morgan fingerprint density at radius 3 is 2.27 bits per heavy atom. The monoisotopic (exact) mass is 665 g/mol. The number of aliphatic hydroxyl groups excluding tert-OH is 3. The molecule has 0 aromatic heterocycles. The molecule has 4 rings (SSSR count). The van der Waals surface area contributed by atoms with E-state index in [9.17, 15) is 30.0 Å². The molecule has 0 aliphatic carbocycles. The molecule has 48 heavy (non-hydrogen) atoms. The Kier molecular flexibility index (Phi) is 11.8. The molecule has 2 heterocycles. The number of hydrogen-bond donors (Lipinski definition) is 5. The predicted molar refractivity (Wildman–Crippen MR) is 186 cm³/mol. The smallest absolute Gasteiger partial charge is 0.247 e. The normalized spacial score (nSPS) is 22.8. The summed E-state index contributed by atoms with van der Waals surface area (Å²) in [4.78, 5) is 30.8. The Balaban J connectivity index is 1.43. The molecule has 0 bridgehead atoms. The summed E-state index contributed by atoms with van der Waals surface area (Å²) in [6.45, 7) is 12.2. The summed E-state index contributed by atoms with van der Waals surface area (Å²) in [5.74, 6) is -0.325. The first-order valence-corrected chi connectivity index (χ1v) is 17.0. The summed E-state index contributed by atoms with van der Waals surface area (Å²) >= 11 is 0. The Bertz CT molecular complexity index is 1490. The number of phenolic OH excluding ortho intramolecular Hbond substituents is 1. The predicted octanol–water partition coefficient (Wildman–Crippen LogP) is 3.63. The third-order valence-corrected chi connectivity index (χ3v) is 10.0. The number of phenols is 1. The second kappa shape index (κ2) is 15.1. The molecule has 5 N–H and O–H groups in total. The Labute approximate surface area is 285 Å². The number of carbonyl (C=O) groups is 2. The maximum absolute atomic E-state index is 13.4. The molecule has 4 atom stereocenters. The van der Waals surface area contributed by atoms with E-state index >= 15 is 0 Å². The summed E-state index contributed by atoms with van der Waals surface area (Å²) in [5.41, 5.74) is 3.33. The third kappa shape index (κ3) is 8.65. The summed E-state index contributed by atoms with van der Waals surface area (Å²) in [5, 5.41) is 44.3. The number of nitrogens with one attached hydrogen (secondary N) is 1. The molecule has 2 amide bonds. The third-order valence-electron chi connectivity index (χ3n) is 10.0. The summed E-state index contributed by atoms with van der Waals surface area (Å²) in [7, 11) is 4.13. The van der Waals surface area contributed by atoms with Gasteiger partial charge in [-0.15, -0.1) is 0 Å². The Morgan fingerprint density at radius 2 is 1.67 bits per heavy atom. The van der Waals surface area contributed by atoms with Gasteiger partial charge < -0.3 is 40.3 Å². The maximum Gasteiger partial charge on any atom is 0.247 e. The van der Waals surface area contributed by atoms with Crippen molar-refractivity contribution in [3.05, 3.63) is 69.8 Å². The van der Waals surface area contributed by atoms with Crippen LogP contribution in [-0.2, 0) is 20.7 Å². The minimum absolute atomic E-state index is 0.0349. The first-order valence-electron chi connectivity index (χ1n) is 17.0. The molecule has 0 saturated carbocycles. The average Bonchev–Trinajstić information content (AvgIpc) is 3.03. The highest BCUT2D eigenvalue weighted by Gasteiger charge is 2.40. The van der Waals surface area contributed by atoms with Gasteiger partial charge in [0.2, 0.25) is 11.8 Å². The van der Waals surface area contributed by atoms with Crippen LogP contribution >= 0.6 is 0 Å². The number of ether oxygens (including phenoxy) is 1. The molecule has 0 radical (unpaired) electrons. The highest BCUT2D eigenvalue weighted by Crippen LogP contribution is 2.38. The van der Waals surface area contributed by atoms with Gasteiger partial charge in [0.25, 0.3) is 0 Å². The van der Waals surface area contributed by atoms with Gasteiger partial charge in [-0.1, -0.05) is 30.4 Å². The molecule has 2 aliphatic rings. The number of amides is 2. The molecule has 264 valence electrons. The standard InChI is InChI=1S/C38H55N3O7/c1-23-17-25(11-14-37(3,4)35(46)39-38(5,6)36(47)41-15-12-28(13-16-41)40(7)8)9-10-26(23)19-27-20-30(31(43)18-24(27)2)34-33(45)32(44)21-29(22-42)48-34/h9-11,14,17-18,20,28-29,32-34,42-45H,12-13,15-16,19,21-22H2,1-8H3,(H,39,46). The van der Waals surface area contributed by atoms with Gasteiger partial charge in [-0.25, -0.2) is 0 Å². The van der Waals surface area contributed by atoms with Gasteiger partial charge in [-0.2, -0.15) is 0 Å². The zero-order valence-electron chi connectivity index (χ0n) is 29.8. The van der Waals surface area contributed by atoms with Crippen LogP contribution in [0, 0.1) is 19.3 Å². The second-order valence-electron chi connectivity index (χ2n) is 15.0. The van der Waals surface area contributed by atoms with Crippen LogP contribution in [-0.4, -0.2) is 106 Å². The molecule has 2 aliphatic heterocycles. The van der Waals surface area contributed by atoms with E-state index < -0.39 is 35.4 Å². The SMILES string of the molecule is Cc1cc(C=CC(C)(C)C(=O)NC(C)(C)C(=O)N2CCC(N(C)C)CC2)ccc1Cc1cc(C2OC(CO)CC(O)C2O)c(O)cc1C. The lowest BCUT2D eigenvalue weighted by Gasteiger charge is -2.39. The van der Waals surface area contributed by atoms with E-state index in [1.807, 2.05) is 56.9 Å². The molecule has 10 heteroatoms. The molecular weight excluding hydrogens is 610 g/mol. The Morgan fingerprint density at radius 1 is 1.02 bits per heavy atom. The number of benzene rings is 2. The van der Waals surface area contributed by atoms with E-state index in [2.05, 4.69) is 30.4 Å². The second-order valence-corrected chi connectivity index (χ2v) is 15.0. The minimum Gasteiger partial charge on any atom is -0.508 e. The van der Waals surface area contributed by atoms with E-state index in [-0.39, 0.29) is 30.6 Å². The van der Waals surface area contributed by atoms with E-state index in [0.29, 0.717) is 31.1 Å². The number of aryl methyl sites for hydroxylation is 2. The van der Waals surface area contributed by atoms with Gasteiger partial charge in [-0.05, 0) is 115 Å². The molecule has 2 aromatic carbocycles. The van der Waals surface area contributed by atoms with Crippen molar-refractivity contribution in [2.75, 3.05) is 33.8 Å². The number of likely N-dealkylation sites (tertiary alicyclic amines) is 1. The molecule has 2 fully saturated rings. The maximum atomic E-state index is 13.4. The van der Waals surface area contributed by atoms with E-state index in [4.69, 9.17) is 4.74 Å². The number of hydrogen-bond acceptors (Lipinski definition) is 8. The lowest BCUT2D eigenvalue weighted by Crippen LogP contribution is -2.59. The lowest BCUT2D eigenvalue weighted by molar-refractivity contribution is -0.180. The fraction of sp³-hybridized carbons (Fsp3) is 0.579. The van der Waals surface area contributed by atoms with Crippen LogP contribution in [0.5, 0.6) is 5.75 Å². The molecule has 2 aromatic rings. The van der Waals surface area contributed by atoms with E-state index in [0.717, 1.165) is 40.7 Å². The van der Waals surface area contributed by atoms with Gasteiger partial charge in [0.05, 0.1) is 24.2 Å². The largest absolute Gasteiger partial charge is 0.508 e.